The first-order valence-electron chi connectivity index (χ1n) is 5.05. The zero-order valence-corrected chi connectivity index (χ0v) is 9.19. The second kappa shape index (κ2) is 6.37. The maximum atomic E-state index is 8.99. The SMILES string of the molecule is CCOCCOc1cc(CO)cc(C)n1. The fourth-order valence-electron chi connectivity index (χ4n) is 1.22. The molecule has 0 aromatic carbocycles. The predicted octanol–water partition coefficient (Wildman–Crippen LogP) is 1.30. The van der Waals surface area contributed by atoms with Gasteiger partial charge in [0.15, 0.2) is 0 Å². The first-order chi connectivity index (χ1) is 7.26. The average molecular weight is 211 g/mol. The molecule has 4 nitrogen and oxygen atoms in total. The third-order valence-corrected chi connectivity index (χ3v) is 1.85. The fraction of sp³-hybridized carbons (Fsp3) is 0.545. The van der Waals surface area contributed by atoms with Crippen LogP contribution in [0.25, 0.3) is 0 Å². The van der Waals surface area contributed by atoms with Gasteiger partial charge in [-0.15, -0.1) is 0 Å². The van der Waals surface area contributed by atoms with E-state index in [1.807, 2.05) is 19.9 Å². The third kappa shape index (κ3) is 4.27. The van der Waals surface area contributed by atoms with Gasteiger partial charge in [0.1, 0.15) is 6.61 Å². The van der Waals surface area contributed by atoms with Gasteiger partial charge in [-0.1, -0.05) is 0 Å². The molecule has 0 atom stereocenters. The molecule has 0 amide bonds. The van der Waals surface area contributed by atoms with Crippen molar-refractivity contribution in [1.82, 2.24) is 4.98 Å². The van der Waals surface area contributed by atoms with Crippen LogP contribution < -0.4 is 4.74 Å². The van der Waals surface area contributed by atoms with Crippen LogP contribution >= 0.6 is 0 Å². The van der Waals surface area contributed by atoms with Gasteiger partial charge in [0.2, 0.25) is 5.88 Å². The first kappa shape index (κ1) is 11.9. The standard InChI is InChI=1S/C11H17NO3/c1-3-14-4-5-15-11-7-10(8-13)6-9(2)12-11/h6-7,13H,3-5,8H2,1-2H3. The number of ether oxygens (including phenoxy) is 2. The smallest absolute Gasteiger partial charge is 0.213 e. The molecular formula is C11H17NO3. The summed E-state index contributed by atoms with van der Waals surface area (Å²) in [4.78, 5) is 4.19. The molecule has 0 bridgehead atoms. The van der Waals surface area contributed by atoms with Crippen LogP contribution in [0.1, 0.15) is 18.2 Å². The zero-order valence-electron chi connectivity index (χ0n) is 9.19. The molecule has 0 saturated heterocycles. The lowest BCUT2D eigenvalue weighted by Gasteiger charge is -2.07. The predicted molar refractivity (Wildman–Crippen MR) is 56.9 cm³/mol. The van der Waals surface area contributed by atoms with Gasteiger partial charge in [-0.25, -0.2) is 4.98 Å². The average Bonchev–Trinajstić information content (AvgIpc) is 2.23. The van der Waals surface area contributed by atoms with Crippen molar-refractivity contribution in [3.05, 3.63) is 23.4 Å². The van der Waals surface area contributed by atoms with Crippen molar-refractivity contribution in [2.24, 2.45) is 0 Å². The molecule has 0 radical (unpaired) electrons. The lowest BCUT2D eigenvalue weighted by Crippen LogP contribution is -2.07. The Labute approximate surface area is 89.9 Å². The Morgan fingerprint density at radius 2 is 2.13 bits per heavy atom. The van der Waals surface area contributed by atoms with E-state index in [9.17, 15) is 0 Å². The Hall–Kier alpha value is -1.13. The second-order valence-corrected chi connectivity index (χ2v) is 3.16. The summed E-state index contributed by atoms with van der Waals surface area (Å²) in [6, 6.07) is 3.56. The molecule has 1 N–H and O–H groups in total. The highest BCUT2D eigenvalue weighted by molar-refractivity contribution is 5.23. The normalized spacial score (nSPS) is 10.3. The first-order valence-corrected chi connectivity index (χ1v) is 5.05. The Kier molecular flexibility index (Phi) is 5.07. The van der Waals surface area contributed by atoms with Crippen LogP contribution in [0.3, 0.4) is 0 Å². The van der Waals surface area contributed by atoms with Crippen molar-refractivity contribution in [1.29, 1.82) is 0 Å². The number of aliphatic hydroxyl groups excluding tert-OH is 1. The van der Waals surface area contributed by atoms with Crippen LogP contribution in [0, 0.1) is 6.92 Å². The highest BCUT2D eigenvalue weighted by atomic mass is 16.5. The Morgan fingerprint density at radius 1 is 1.33 bits per heavy atom. The second-order valence-electron chi connectivity index (χ2n) is 3.16. The molecule has 1 heterocycles. The van der Waals surface area contributed by atoms with Crippen molar-refractivity contribution < 1.29 is 14.6 Å². The minimum atomic E-state index is 0.00514. The summed E-state index contributed by atoms with van der Waals surface area (Å²) in [5, 5.41) is 8.99. The van der Waals surface area contributed by atoms with Crippen molar-refractivity contribution in [2.45, 2.75) is 20.5 Å². The van der Waals surface area contributed by atoms with Gasteiger partial charge < -0.3 is 14.6 Å². The molecule has 1 rings (SSSR count). The molecule has 0 saturated carbocycles. The summed E-state index contributed by atoms with van der Waals surface area (Å²) in [6.07, 6.45) is 0. The van der Waals surface area contributed by atoms with Gasteiger partial charge in [0, 0.05) is 18.4 Å². The number of pyridine rings is 1. The number of nitrogens with zero attached hydrogens (tertiary/aromatic N) is 1. The highest BCUT2D eigenvalue weighted by Gasteiger charge is 2.00. The number of aryl methyl sites for hydroxylation is 1. The number of hydrogen-bond donors (Lipinski definition) is 1. The van der Waals surface area contributed by atoms with Crippen molar-refractivity contribution in [3.8, 4) is 5.88 Å². The lowest BCUT2D eigenvalue weighted by atomic mass is 10.2. The van der Waals surface area contributed by atoms with Crippen molar-refractivity contribution in [2.75, 3.05) is 19.8 Å². The summed E-state index contributed by atoms with van der Waals surface area (Å²) in [6.45, 7) is 5.54. The largest absolute Gasteiger partial charge is 0.475 e. The molecule has 1 aromatic rings. The minimum Gasteiger partial charge on any atom is -0.475 e. The van der Waals surface area contributed by atoms with E-state index in [1.54, 1.807) is 6.07 Å². The maximum absolute atomic E-state index is 8.99. The molecule has 1 aromatic heterocycles. The Morgan fingerprint density at radius 3 is 2.80 bits per heavy atom. The summed E-state index contributed by atoms with van der Waals surface area (Å²) >= 11 is 0. The molecule has 0 aliphatic rings. The van der Waals surface area contributed by atoms with Crippen LogP contribution in [-0.4, -0.2) is 29.9 Å². The molecule has 0 aliphatic carbocycles. The molecular weight excluding hydrogens is 194 g/mol. The highest BCUT2D eigenvalue weighted by Crippen LogP contribution is 2.12. The number of rotatable bonds is 6. The lowest BCUT2D eigenvalue weighted by molar-refractivity contribution is 0.108. The van der Waals surface area contributed by atoms with Crippen LogP contribution in [0.15, 0.2) is 12.1 Å². The maximum Gasteiger partial charge on any atom is 0.213 e. The van der Waals surface area contributed by atoms with Crippen LogP contribution in [0.4, 0.5) is 0 Å². The van der Waals surface area contributed by atoms with E-state index in [1.165, 1.54) is 0 Å². The van der Waals surface area contributed by atoms with E-state index in [0.717, 1.165) is 11.3 Å². The van der Waals surface area contributed by atoms with Gasteiger partial charge in [-0.05, 0) is 25.5 Å². The number of aromatic nitrogens is 1. The van der Waals surface area contributed by atoms with Crippen LogP contribution in [0.2, 0.25) is 0 Å². The Balaban J connectivity index is 2.49. The van der Waals surface area contributed by atoms with E-state index in [0.29, 0.717) is 25.7 Å². The third-order valence-electron chi connectivity index (χ3n) is 1.85. The minimum absolute atomic E-state index is 0.00514. The quantitative estimate of drug-likeness (QED) is 0.720. The van der Waals surface area contributed by atoms with E-state index in [4.69, 9.17) is 14.6 Å². The van der Waals surface area contributed by atoms with Gasteiger partial charge >= 0.3 is 0 Å². The molecule has 15 heavy (non-hydrogen) atoms. The molecule has 4 heteroatoms. The zero-order chi connectivity index (χ0) is 11.1. The van der Waals surface area contributed by atoms with Crippen LogP contribution in [-0.2, 0) is 11.3 Å². The monoisotopic (exact) mass is 211 g/mol. The van der Waals surface area contributed by atoms with E-state index >= 15 is 0 Å². The summed E-state index contributed by atoms with van der Waals surface area (Å²) in [5.41, 5.74) is 1.65. The van der Waals surface area contributed by atoms with Gasteiger partial charge in [-0.2, -0.15) is 0 Å². The molecule has 0 spiro atoms. The molecule has 0 unspecified atom stereocenters. The van der Waals surface area contributed by atoms with Crippen molar-refractivity contribution >= 4 is 0 Å². The summed E-state index contributed by atoms with van der Waals surface area (Å²) in [7, 11) is 0. The number of hydrogen-bond acceptors (Lipinski definition) is 4. The molecule has 84 valence electrons. The van der Waals surface area contributed by atoms with Gasteiger partial charge in [0.25, 0.3) is 0 Å². The topological polar surface area (TPSA) is 51.6 Å². The van der Waals surface area contributed by atoms with Gasteiger partial charge in [0.05, 0.1) is 13.2 Å². The van der Waals surface area contributed by atoms with Crippen molar-refractivity contribution in [3.63, 3.8) is 0 Å². The summed E-state index contributed by atoms with van der Waals surface area (Å²) in [5.74, 6) is 0.541. The Bertz CT molecular complexity index is 302. The fourth-order valence-corrected chi connectivity index (χ4v) is 1.22. The van der Waals surface area contributed by atoms with Gasteiger partial charge in [-0.3, -0.25) is 0 Å². The molecule has 0 aliphatic heterocycles. The van der Waals surface area contributed by atoms with E-state index < -0.39 is 0 Å². The van der Waals surface area contributed by atoms with E-state index in [-0.39, 0.29) is 6.61 Å². The summed E-state index contributed by atoms with van der Waals surface area (Å²) < 4.78 is 10.5. The molecule has 0 fully saturated rings. The van der Waals surface area contributed by atoms with E-state index in [2.05, 4.69) is 4.98 Å². The number of aliphatic hydroxyl groups is 1. The van der Waals surface area contributed by atoms with Crippen LogP contribution in [0.5, 0.6) is 5.88 Å².